The van der Waals surface area contributed by atoms with Gasteiger partial charge in [0.25, 0.3) is 0 Å². The van der Waals surface area contributed by atoms with Crippen LogP contribution in [0.25, 0.3) is 0 Å². The third-order valence-corrected chi connectivity index (χ3v) is 4.55. The number of fused-ring (bicyclic) bond motifs is 1. The number of thioether (sulfide) groups is 1. The summed E-state index contributed by atoms with van der Waals surface area (Å²) in [7, 11) is 1.96. The molecule has 1 unspecified atom stereocenters. The van der Waals surface area contributed by atoms with Crippen molar-refractivity contribution in [2.75, 3.05) is 7.05 Å². The van der Waals surface area contributed by atoms with Crippen LogP contribution in [-0.2, 0) is 19.5 Å². The molecule has 18 heavy (non-hydrogen) atoms. The van der Waals surface area contributed by atoms with Crippen LogP contribution in [0.2, 0.25) is 0 Å². The molecule has 0 spiro atoms. The van der Waals surface area contributed by atoms with Crippen LogP contribution in [0.15, 0.2) is 41.6 Å². The van der Waals surface area contributed by atoms with E-state index in [1.807, 2.05) is 25.0 Å². The summed E-state index contributed by atoms with van der Waals surface area (Å²) in [5.41, 5.74) is 1.49. The monoisotopic (exact) mass is 259 g/mol. The molecule has 0 fully saturated rings. The Bertz CT molecular complexity index is 510. The van der Waals surface area contributed by atoms with Crippen molar-refractivity contribution in [1.82, 2.24) is 14.9 Å². The molecule has 1 aromatic carbocycles. The zero-order chi connectivity index (χ0) is 12.4. The topological polar surface area (TPSA) is 29.9 Å². The van der Waals surface area contributed by atoms with Crippen molar-refractivity contribution >= 4 is 11.8 Å². The Labute approximate surface area is 112 Å². The summed E-state index contributed by atoms with van der Waals surface area (Å²) in [5.74, 6) is 1.12. The molecule has 0 bridgehead atoms. The van der Waals surface area contributed by atoms with E-state index in [4.69, 9.17) is 0 Å². The van der Waals surface area contributed by atoms with Crippen molar-refractivity contribution in [3.8, 4) is 0 Å². The van der Waals surface area contributed by atoms with E-state index < -0.39 is 0 Å². The number of aromatic nitrogens is 2. The minimum absolute atomic E-state index is 0.632. The quantitative estimate of drug-likeness (QED) is 0.914. The Kier molecular flexibility index (Phi) is 3.39. The first-order chi connectivity index (χ1) is 8.86. The van der Waals surface area contributed by atoms with Crippen molar-refractivity contribution < 1.29 is 0 Å². The number of hydrogen-bond acceptors (Lipinski definition) is 3. The molecule has 1 N–H and O–H groups in total. The molecule has 0 saturated heterocycles. The molecular weight excluding hydrogens is 242 g/mol. The predicted molar refractivity (Wildman–Crippen MR) is 74.8 cm³/mol. The fourth-order valence-electron chi connectivity index (χ4n) is 2.41. The van der Waals surface area contributed by atoms with Crippen molar-refractivity contribution in [2.45, 2.75) is 29.7 Å². The highest BCUT2D eigenvalue weighted by Gasteiger charge is 2.22. The van der Waals surface area contributed by atoms with E-state index in [9.17, 15) is 0 Å². The van der Waals surface area contributed by atoms with E-state index in [0.717, 1.165) is 25.3 Å². The first kappa shape index (κ1) is 11.8. The molecule has 4 heteroatoms. The van der Waals surface area contributed by atoms with Gasteiger partial charge in [-0.1, -0.05) is 18.2 Å². The van der Waals surface area contributed by atoms with Gasteiger partial charge in [0.05, 0.1) is 6.54 Å². The van der Waals surface area contributed by atoms with Gasteiger partial charge in [0.1, 0.15) is 5.82 Å². The standard InChI is InChI=1S/C14H17N3S/c1-15-9-14-16-6-7-17(14)10-12-8-11-4-2-3-5-13(11)18-12/h2-7,12,15H,8-10H2,1H3. The van der Waals surface area contributed by atoms with Crippen LogP contribution in [0.3, 0.4) is 0 Å². The van der Waals surface area contributed by atoms with Crippen LogP contribution in [0, 0.1) is 0 Å². The molecule has 1 aromatic heterocycles. The number of benzene rings is 1. The molecule has 3 rings (SSSR count). The van der Waals surface area contributed by atoms with Crippen LogP contribution in [0.1, 0.15) is 11.4 Å². The number of rotatable bonds is 4. The van der Waals surface area contributed by atoms with Gasteiger partial charge in [0.15, 0.2) is 0 Å². The fraction of sp³-hybridized carbons (Fsp3) is 0.357. The number of nitrogens with zero attached hydrogens (tertiary/aromatic N) is 2. The molecule has 0 amide bonds. The number of nitrogens with one attached hydrogen (secondary N) is 1. The van der Waals surface area contributed by atoms with E-state index in [2.05, 4.69) is 45.3 Å². The maximum atomic E-state index is 4.39. The maximum Gasteiger partial charge on any atom is 0.122 e. The lowest BCUT2D eigenvalue weighted by atomic mass is 10.1. The Morgan fingerprint density at radius 1 is 1.44 bits per heavy atom. The Morgan fingerprint density at radius 2 is 2.33 bits per heavy atom. The first-order valence-electron chi connectivity index (χ1n) is 6.26. The maximum absolute atomic E-state index is 4.39. The average molecular weight is 259 g/mol. The van der Waals surface area contributed by atoms with Gasteiger partial charge in [-0.15, -0.1) is 11.8 Å². The van der Waals surface area contributed by atoms with Gasteiger partial charge in [0, 0.05) is 29.1 Å². The molecule has 0 radical (unpaired) electrons. The fourth-order valence-corrected chi connectivity index (χ4v) is 3.72. The molecule has 94 valence electrons. The van der Waals surface area contributed by atoms with Crippen LogP contribution < -0.4 is 5.32 Å². The van der Waals surface area contributed by atoms with Gasteiger partial charge in [-0.05, 0) is 25.1 Å². The summed E-state index contributed by atoms with van der Waals surface area (Å²) < 4.78 is 2.26. The molecule has 3 nitrogen and oxygen atoms in total. The molecule has 1 aliphatic heterocycles. The van der Waals surface area contributed by atoms with Crippen LogP contribution in [0.4, 0.5) is 0 Å². The molecule has 2 aromatic rings. The molecule has 1 aliphatic rings. The Morgan fingerprint density at radius 3 is 3.17 bits per heavy atom. The summed E-state index contributed by atoms with van der Waals surface area (Å²) >= 11 is 1.99. The normalized spacial score (nSPS) is 17.9. The molecule has 0 saturated carbocycles. The molecule has 2 heterocycles. The summed E-state index contributed by atoms with van der Waals surface area (Å²) in [6.45, 7) is 1.87. The van der Waals surface area contributed by atoms with Gasteiger partial charge in [-0.3, -0.25) is 0 Å². The highest BCUT2D eigenvalue weighted by Crippen LogP contribution is 2.37. The lowest BCUT2D eigenvalue weighted by molar-refractivity contribution is 0.608. The zero-order valence-electron chi connectivity index (χ0n) is 10.5. The summed E-state index contributed by atoms with van der Waals surface area (Å²) in [5, 5.41) is 3.79. The van der Waals surface area contributed by atoms with Crippen molar-refractivity contribution in [3.05, 3.63) is 48.0 Å². The van der Waals surface area contributed by atoms with E-state index in [1.54, 1.807) is 0 Å². The van der Waals surface area contributed by atoms with Gasteiger partial charge in [-0.25, -0.2) is 4.98 Å². The van der Waals surface area contributed by atoms with Crippen LogP contribution in [-0.4, -0.2) is 21.8 Å². The van der Waals surface area contributed by atoms with E-state index in [-0.39, 0.29) is 0 Å². The van der Waals surface area contributed by atoms with E-state index >= 15 is 0 Å². The second-order valence-electron chi connectivity index (χ2n) is 4.58. The van der Waals surface area contributed by atoms with Gasteiger partial charge < -0.3 is 9.88 Å². The average Bonchev–Trinajstić information content (AvgIpc) is 2.97. The number of imidazole rings is 1. The summed E-state index contributed by atoms with van der Waals surface area (Å²) in [6.07, 6.45) is 5.13. The second kappa shape index (κ2) is 5.16. The Balaban J connectivity index is 1.70. The smallest absolute Gasteiger partial charge is 0.122 e. The van der Waals surface area contributed by atoms with Gasteiger partial charge in [-0.2, -0.15) is 0 Å². The van der Waals surface area contributed by atoms with Crippen LogP contribution in [0.5, 0.6) is 0 Å². The third kappa shape index (κ3) is 2.31. The van der Waals surface area contributed by atoms with Crippen molar-refractivity contribution in [1.29, 1.82) is 0 Å². The molecule has 1 atom stereocenters. The van der Waals surface area contributed by atoms with Crippen LogP contribution >= 0.6 is 11.8 Å². The highest BCUT2D eigenvalue weighted by molar-refractivity contribution is 8.00. The Hall–Kier alpha value is -1.26. The SMILES string of the molecule is CNCc1nccn1CC1Cc2ccccc2S1. The zero-order valence-corrected chi connectivity index (χ0v) is 11.3. The second-order valence-corrected chi connectivity index (χ2v) is 5.92. The predicted octanol–water partition coefficient (Wildman–Crippen LogP) is 2.32. The largest absolute Gasteiger partial charge is 0.333 e. The van der Waals surface area contributed by atoms with E-state index in [0.29, 0.717) is 5.25 Å². The van der Waals surface area contributed by atoms with E-state index in [1.165, 1.54) is 10.5 Å². The van der Waals surface area contributed by atoms with Gasteiger partial charge in [0.2, 0.25) is 0 Å². The van der Waals surface area contributed by atoms with Gasteiger partial charge >= 0.3 is 0 Å². The summed E-state index contributed by atoms with van der Waals surface area (Å²) in [4.78, 5) is 5.83. The third-order valence-electron chi connectivity index (χ3n) is 3.25. The molecule has 0 aliphatic carbocycles. The first-order valence-corrected chi connectivity index (χ1v) is 7.14. The highest BCUT2D eigenvalue weighted by atomic mass is 32.2. The minimum atomic E-state index is 0.632. The lowest BCUT2D eigenvalue weighted by Crippen LogP contribution is -2.17. The molecular formula is C14H17N3S. The minimum Gasteiger partial charge on any atom is -0.333 e. The lowest BCUT2D eigenvalue weighted by Gasteiger charge is -2.12. The van der Waals surface area contributed by atoms with Crippen molar-refractivity contribution in [3.63, 3.8) is 0 Å². The summed E-state index contributed by atoms with van der Waals surface area (Å²) in [6, 6.07) is 8.72. The van der Waals surface area contributed by atoms with Crippen molar-refractivity contribution in [2.24, 2.45) is 0 Å². The number of hydrogen-bond donors (Lipinski definition) is 1.